The Hall–Kier alpha value is -3.92. The molecule has 1 unspecified atom stereocenters. The highest BCUT2D eigenvalue weighted by Crippen LogP contribution is 2.26. The number of carbonyl (C=O) groups is 2. The van der Waals surface area contributed by atoms with E-state index in [0.717, 1.165) is 28.4 Å². The van der Waals surface area contributed by atoms with Crippen LogP contribution in [0.1, 0.15) is 47.8 Å². The van der Waals surface area contributed by atoms with Crippen molar-refractivity contribution in [2.45, 2.75) is 32.7 Å². The summed E-state index contributed by atoms with van der Waals surface area (Å²) in [6.07, 6.45) is 1.17. The van der Waals surface area contributed by atoms with Gasteiger partial charge in [-0.2, -0.15) is 0 Å². The van der Waals surface area contributed by atoms with Gasteiger partial charge in [-0.3, -0.25) is 9.59 Å². The molecule has 34 heavy (non-hydrogen) atoms. The second-order valence-corrected chi connectivity index (χ2v) is 8.46. The molecule has 4 heteroatoms. The molecule has 172 valence electrons. The molecule has 1 N–H and O–H groups in total. The number of hydrogen-bond donors (Lipinski definition) is 1. The van der Waals surface area contributed by atoms with E-state index in [1.54, 1.807) is 4.90 Å². The van der Waals surface area contributed by atoms with Gasteiger partial charge in [-0.05, 0) is 53.4 Å². The number of hydrogen-bond acceptors (Lipinski definition) is 2. The summed E-state index contributed by atoms with van der Waals surface area (Å²) >= 11 is 0. The zero-order chi connectivity index (χ0) is 23.9. The fourth-order valence-electron chi connectivity index (χ4n) is 4.22. The van der Waals surface area contributed by atoms with Crippen LogP contribution in [0.2, 0.25) is 0 Å². The van der Waals surface area contributed by atoms with Crippen molar-refractivity contribution in [3.05, 3.63) is 114 Å². The third-order valence-electron chi connectivity index (χ3n) is 6.26. The zero-order valence-electron chi connectivity index (χ0n) is 19.7. The van der Waals surface area contributed by atoms with Gasteiger partial charge in [0.1, 0.15) is 0 Å². The lowest BCUT2D eigenvalue weighted by atomic mass is 10.0. The maximum absolute atomic E-state index is 13.8. The standard InChI is InChI=1S/C30H30N2O2/c1-3-23-16-18-26(19-17-23)31-29(33)20-21-32(22(2)24-10-5-4-6-11-24)30(34)28-15-9-13-25-12-7-8-14-27(25)28/h4-19,22H,3,20-21H2,1-2H3,(H,31,33). The van der Waals surface area contributed by atoms with E-state index in [9.17, 15) is 9.59 Å². The summed E-state index contributed by atoms with van der Waals surface area (Å²) in [5.41, 5.74) is 3.68. The van der Waals surface area contributed by atoms with Gasteiger partial charge in [0.05, 0.1) is 6.04 Å². The lowest BCUT2D eigenvalue weighted by Crippen LogP contribution is -2.36. The SMILES string of the molecule is CCc1ccc(NC(=O)CCN(C(=O)c2cccc3ccccc23)C(C)c2ccccc2)cc1. The predicted molar refractivity (Wildman–Crippen MR) is 139 cm³/mol. The number of rotatable bonds is 8. The molecular formula is C30H30N2O2. The van der Waals surface area contributed by atoms with Crippen LogP contribution >= 0.6 is 0 Å². The maximum atomic E-state index is 13.8. The Morgan fingerprint density at radius 2 is 1.50 bits per heavy atom. The first-order valence-corrected chi connectivity index (χ1v) is 11.8. The minimum absolute atomic E-state index is 0.0757. The number of benzene rings is 4. The number of amides is 2. The molecule has 0 aliphatic carbocycles. The fraction of sp³-hybridized carbons (Fsp3) is 0.200. The topological polar surface area (TPSA) is 49.4 Å². The number of carbonyl (C=O) groups excluding carboxylic acids is 2. The summed E-state index contributed by atoms with van der Waals surface area (Å²) in [7, 11) is 0. The van der Waals surface area contributed by atoms with E-state index >= 15 is 0 Å². The molecule has 0 radical (unpaired) electrons. The monoisotopic (exact) mass is 450 g/mol. The first-order chi connectivity index (χ1) is 16.6. The number of nitrogens with zero attached hydrogens (tertiary/aromatic N) is 1. The highest BCUT2D eigenvalue weighted by molar-refractivity contribution is 6.07. The van der Waals surface area contributed by atoms with Gasteiger partial charge >= 0.3 is 0 Å². The Labute approximate surface area is 201 Å². The molecule has 0 spiro atoms. The Morgan fingerprint density at radius 1 is 0.824 bits per heavy atom. The first-order valence-electron chi connectivity index (χ1n) is 11.8. The third kappa shape index (κ3) is 5.34. The van der Waals surface area contributed by atoms with Crippen LogP contribution in [-0.4, -0.2) is 23.3 Å². The Balaban J connectivity index is 1.56. The van der Waals surface area contributed by atoms with Crippen molar-refractivity contribution >= 4 is 28.3 Å². The van der Waals surface area contributed by atoms with Crippen LogP contribution in [0.25, 0.3) is 10.8 Å². The van der Waals surface area contributed by atoms with E-state index in [4.69, 9.17) is 0 Å². The van der Waals surface area contributed by atoms with E-state index in [1.807, 2.05) is 104 Å². The lowest BCUT2D eigenvalue weighted by molar-refractivity contribution is -0.116. The van der Waals surface area contributed by atoms with Gasteiger partial charge < -0.3 is 10.2 Å². The van der Waals surface area contributed by atoms with Crippen molar-refractivity contribution in [2.75, 3.05) is 11.9 Å². The Morgan fingerprint density at radius 3 is 2.24 bits per heavy atom. The maximum Gasteiger partial charge on any atom is 0.255 e. The van der Waals surface area contributed by atoms with Crippen LogP contribution < -0.4 is 5.32 Å². The van der Waals surface area contributed by atoms with E-state index in [1.165, 1.54) is 5.56 Å². The van der Waals surface area contributed by atoms with Crippen LogP contribution in [0.15, 0.2) is 97.1 Å². The molecule has 0 fully saturated rings. The smallest absolute Gasteiger partial charge is 0.255 e. The molecule has 0 aliphatic rings. The summed E-state index contributed by atoms with van der Waals surface area (Å²) in [6.45, 7) is 4.43. The number of anilines is 1. The minimum Gasteiger partial charge on any atom is -0.331 e. The molecule has 0 heterocycles. The van der Waals surface area contributed by atoms with Gasteiger partial charge in [0.15, 0.2) is 0 Å². The fourth-order valence-corrected chi connectivity index (χ4v) is 4.22. The Kier molecular flexibility index (Phi) is 7.38. The zero-order valence-corrected chi connectivity index (χ0v) is 19.7. The van der Waals surface area contributed by atoms with Crippen molar-refractivity contribution in [3.63, 3.8) is 0 Å². The molecule has 1 atom stereocenters. The molecule has 4 aromatic carbocycles. The molecule has 0 aliphatic heterocycles. The normalized spacial score (nSPS) is 11.7. The van der Waals surface area contributed by atoms with Gasteiger partial charge in [-0.25, -0.2) is 0 Å². The summed E-state index contributed by atoms with van der Waals surface area (Å²) in [5.74, 6) is -0.187. The molecule has 0 saturated heterocycles. The predicted octanol–water partition coefficient (Wildman–Crippen LogP) is 6.63. The van der Waals surface area contributed by atoms with Crippen molar-refractivity contribution < 1.29 is 9.59 Å². The van der Waals surface area contributed by atoms with E-state index in [2.05, 4.69) is 12.2 Å². The number of fused-ring (bicyclic) bond motifs is 1. The van der Waals surface area contributed by atoms with E-state index in [0.29, 0.717) is 12.1 Å². The summed E-state index contributed by atoms with van der Waals surface area (Å²) in [6, 6.07) is 31.3. The molecule has 2 amide bonds. The summed E-state index contributed by atoms with van der Waals surface area (Å²) in [5, 5.41) is 4.90. The van der Waals surface area contributed by atoms with Gasteiger partial charge in [0, 0.05) is 24.2 Å². The highest BCUT2D eigenvalue weighted by Gasteiger charge is 2.24. The van der Waals surface area contributed by atoms with Crippen molar-refractivity contribution in [1.82, 2.24) is 4.90 Å². The van der Waals surface area contributed by atoms with Crippen molar-refractivity contribution in [3.8, 4) is 0 Å². The molecule has 4 aromatic rings. The highest BCUT2D eigenvalue weighted by atomic mass is 16.2. The Bertz CT molecular complexity index is 1260. The van der Waals surface area contributed by atoms with Crippen LogP contribution in [0.4, 0.5) is 5.69 Å². The van der Waals surface area contributed by atoms with Gasteiger partial charge in [0.2, 0.25) is 5.91 Å². The molecule has 4 rings (SSSR count). The van der Waals surface area contributed by atoms with E-state index < -0.39 is 0 Å². The number of aryl methyl sites for hydroxylation is 1. The average Bonchev–Trinajstić information content (AvgIpc) is 2.89. The van der Waals surface area contributed by atoms with E-state index in [-0.39, 0.29) is 24.3 Å². The molecule has 0 bridgehead atoms. The minimum atomic E-state index is -0.177. The third-order valence-corrected chi connectivity index (χ3v) is 6.26. The lowest BCUT2D eigenvalue weighted by Gasteiger charge is -2.30. The largest absolute Gasteiger partial charge is 0.331 e. The quantitative estimate of drug-likeness (QED) is 0.327. The number of nitrogens with one attached hydrogen (secondary N) is 1. The van der Waals surface area contributed by atoms with Gasteiger partial charge in [-0.15, -0.1) is 0 Å². The first kappa shape index (κ1) is 23.2. The van der Waals surface area contributed by atoms with Crippen LogP contribution in [0, 0.1) is 0 Å². The molecule has 0 aromatic heterocycles. The second-order valence-electron chi connectivity index (χ2n) is 8.46. The van der Waals surface area contributed by atoms with Gasteiger partial charge in [-0.1, -0.05) is 85.8 Å². The summed E-state index contributed by atoms with van der Waals surface area (Å²) < 4.78 is 0. The molecule has 4 nitrogen and oxygen atoms in total. The second kappa shape index (κ2) is 10.8. The molecule has 0 saturated carbocycles. The average molecular weight is 451 g/mol. The van der Waals surface area contributed by atoms with Gasteiger partial charge in [0.25, 0.3) is 5.91 Å². The summed E-state index contributed by atoms with van der Waals surface area (Å²) in [4.78, 5) is 28.4. The van der Waals surface area contributed by atoms with Crippen molar-refractivity contribution in [1.29, 1.82) is 0 Å². The van der Waals surface area contributed by atoms with Crippen molar-refractivity contribution in [2.24, 2.45) is 0 Å². The molecular weight excluding hydrogens is 420 g/mol. The van der Waals surface area contributed by atoms with Crippen LogP contribution in [-0.2, 0) is 11.2 Å². The van der Waals surface area contributed by atoms with Crippen LogP contribution in [0.3, 0.4) is 0 Å². The van der Waals surface area contributed by atoms with Crippen LogP contribution in [0.5, 0.6) is 0 Å².